The molecule has 110 valence electrons. The number of nitrogens with two attached hydrogens (primary N) is 1. The van der Waals surface area contributed by atoms with E-state index in [-0.39, 0.29) is 10.8 Å². The van der Waals surface area contributed by atoms with Gasteiger partial charge in [0.1, 0.15) is 0 Å². The van der Waals surface area contributed by atoms with Gasteiger partial charge in [-0.2, -0.15) is 0 Å². The summed E-state index contributed by atoms with van der Waals surface area (Å²) in [6.45, 7) is 1.99. The molecule has 1 aliphatic rings. The second kappa shape index (κ2) is 5.49. The number of aliphatic hydroxyl groups excluding tert-OH is 1. The number of primary sulfonamides is 1. The zero-order valence-electron chi connectivity index (χ0n) is 11.0. The minimum atomic E-state index is -3.83. The number of hydrogen-bond donors (Lipinski definition) is 4. The topological polar surface area (TPSA) is 122 Å². The van der Waals surface area contributed by atoms with E-state index in [2.05, 4.69) is 10.6 Å². The van der Waals surface area contributed by atoms with Crippen molar-refractivity contribution >= 4 is 21.6 Å². The first kappa shape index (κ1) is 14.9. The van der Waals surface area contributed by atoms with Gasteiger partial charge in [-0.15, -0.1) is 0 Å². The number of rotatable bonds is 3. The van der Waals surface area contributed by atoms with Crippen molar-refractivity contribution in [1.82, 2.24) is 5.32 Å². The molecule has 1 saturated heterocycles. The zero-order chi connectivity index (χ0) is 14.9. The van der Waals surface area contributed by atoms with Crippen LogP contribution in [0.3, 0.4) is 0 Å². The number of aryl methyl sites for hydroxylation is 1. The molecule has 0 saturated carbocycles. The number of amides is 1. The standard InChI is InChI=1S/C12H17N3O4S/c1-7-2-3-8(4-11(7)20(13,18)19)15-12(17)10-5-9(16)6-14-10/h2-4,9-10,14,16H,5-6H2,1H3,(H,15,17)(H2,13,18,19). The lowest BCUT2D eigenvalue weighted by molar-refractivity contribution is -0.117. The van der Waals surface area contributed by atoms with Crippen LogP contribution in [0.25, 0.3) is 0 Å². The molecule has 1 aromatic rings. The Morgan fingerprint density at radius 2 is 2.20 bits per heavy atom. The molecule has 1 aliphatic heterocycles. The smallest absolute Gasteiger partial charge is 0.241 e. The van der Waals surface area contributed by atoms with Crippen LogP contribution in [0.4, 0.5) is 5.69 Å². The number of benzene rings is 1. The molecule has 1 aromatic carbocycles. The third-order valence-corrected chi connectivity index (χ3v) is 4.24. The van der Waals surface area contributed by atoms with Gasteiger partial charge >= 0.3 is 0 Å². The van der Waals surface area contributed by atoms with Gasteiger partial charge in [0.15, 0.2) is 0 Å². The highest BCUT2D eigenvalue weighted by molar-refractivity contribution is 7.89. The average molecular weight is 299 g/mol. The van der Waals surface area contributed by atoms with Gasteiger partial charge in [0.05, 0.1) is 17.0 Å². The Kier molecular flexibility index (Phi) is 4.09. The number of aliphatic hydroxyl groups is 1. The van der Waals surface area contributed by atoms with E-state index in [1.807, 2.05) is 0 Å². The van der Waals surface area contributed by atoms with Crippen LogP contribution in [0.15, 0.2) is 23.1 Å². The van der Waals surface area contributed by atoms with Gasteiger partial charge in [-0.25, -0.2) is 13.6 Å². The molecule has 2 atom stereocenters. The van der Waals surface area contributed by atoms with Gasteiger partial charge in [-0.3, -0.25) is 4.79 Å². The third-order valence-electron chi connectivity index (χ3n) is 3.19. The molecule has 0 radical (unpaired) electrons. The van der Waals surface area contributed by atoms with Gasteiger partial charge in [-0.05, 0) is 31.0 Å². The van der Waals surface area contributed by atoms with E-state index in [1.165, 1.54) is 6.07 Å². The van der Waals surface area contributed by atoms with Crippen LogP contribution in [0.5, 0.6) is 0 Å². The Balaban J connectivity index is 2.16. The molecular weight excluding hydrogens is 282 g/mol. The van der Waals surface area contributed by atoms with Crippen molar-refractivity contribution in [3.05, 3.63) is 23.8 Å². The van der Waals surface area contributed by atoms with Crippen molar-refractivity contribution in [3.63, 3.8) is 0 Å². The van der Waals surface area contributed by atoms with Crippen LogP contribution in [0.1, 0.15) is 12.0 Å². The number of carbonyl (C=O) groups excluding carboxylic acids is 1. The van der Waals surface area contributed by atoms with Crippen molar-refractivity contribution in [2.45, 2.75) is 30.4 Å². The summed E-state index contributed by atoms with van der Waals surface area (Å²) in [4.78, 5) is 11.9. The second-order valence-corrected chi connectivity index (χ2v) is 6.39. The predicted molar refractivity (Wildman–Crippen MR) is 73.6 cm³/mol. The molecule has 20 heavy (non-hydrogen) atoms. The number of nitrogens with one attached hydrogen (secondary N) is 2. The number of anilines is 1. The summed E-state index contributed by atoms with van der Waals surface area (Å²) in [7, 11) is -3.83. The summed E-state index contributed by atoms with van der Waals surface area (Å²) in [5.74, 6) is -0.314. The van der Waals surface area contributed by atoms with Crippen LogP contribution in [-0.2, 0) is 14.8 Å². The monoisotopic (exact) mass is 299 g/mol. The maximum absolute atomic E-state index is 11.9. The number of sulfonamides is 1. The first-order valence-corrected chi connectivity index (χ1v) is 7.68. The van der Waals surface area contributed by atoms with Crippen LogP contribution in [0.2, 0.25) is 0 Å². The van der Waals surface area contributed by atoms with Gasteiger partial charge in [0, 0.05) is 12.2 Å². The molecule has 1 fully saturated rings. The SMILES string of the molecule is Cc1ccc(NC(=O)C2CC(O)CN2)cc1S(N)(=O)=O. The maximum Gasteiger partial charge on any atom is 0.241 e. The van der Waals surface area contributed by atoms with E-state index < -0.39 is 22.2 Å². The lowest BCUT2D eigenvalue weighted by Crippen LogP contribution is -2.35. The van der Waals surface area contributed by atoms with Crippen molar-refractivity contribution < 1.29 is 18.3 Å². The number of hydrogen-bond acceptors (Lipinski definition) is 5. The zero-order valence-corrected chi connectivity index (χ0v) is 11.8. The largest absolute Gasteiger partial charge is 0.392 e. The first-order valence-electron chi connectivity index (χ1n) is 6.13. The van der Waals surface area contributed by atoms with E-state index in [1.54, 1.807) is 19.1 Å². The highest BCUT2D eigenvalue weighted by Crippen LogP contribution is 2.19. The molecule has 0 spiro atoms. The lowest BCUT2D eigenvalue weighted by atomic mass is 10.2. The molecule has 1 amide bonds. The molecule has 7 nitrogen and oxygen atoms in total. The van der Waals surface area contributed by atoms with E-state index in [0.29, 0.717) is 24.2 Å². The van der Waals surface area contributed by atoms with Gasteiger partial charge in [-0.1, -0.05) is 6.07 Å². The van der Waals surface area contributed by atoms with Crippen molar-refractivity contribution in [2.24, 2.45) is 5.14 Å². The molecule has 2 rings (SSSR count). The summed E-state index contributed by atoms with van der Waals surface area (Å²) >= 11 is 0. The third kappa shape index (κ3) is 3.34. The highest BCUT2D eigenvalue weighted by atomic mass is 32.2. The molecular formula is C12H17N3O4S. The van der Waals surface area contributed by atoms with Crippen molar-refractivity contribution in [1.29, 1.82) is 0 Å². The summed E-state index contributed by atoms with van der Waals surface area (Å²) in [6.07, 6.45) is -0.205. The summed E-state index contributed by atoms with van der Waals surface area (Å²) < 4.78 is 22.8. The highest BCUT2D eigenvalue weighted by Gasteiger charge is 2.28. The van der Waals surface area contributed by atoms with Crippen molar-refractivity contribution in [3.8, 4) is 0 Å². The van der Waals surface area contributed by atoms with Crippen LogP contribution in [0, 0.1) is 6.92 Å². The Morgan fingerprint density at radius 3 is 2.75 bits per heavy atom. The molecule has 0 bridgehead atoms. The Morgan fingerprint density at radius 1 is 1.50 bits per heavy atom. The molecule has 0 aromatic heterocycles. The maximum atomic E-state index is 11.9. The van der Waals surface area contributed by atoms with E-state index in [9.17, 15) is 18.3 Å². The molecule has 0 aliphatic carbocycles. The number of β-amino-alcohol motifs (C(OH)–C–C–N with tert-alkyl or cyclic N) is 1. The average Bonchev–Trinajstić information content (AvgIpc) is 2.77. The van der Waals surface area contributed by atoms with E-state index in [4.69, 9.17) is 5.14 Å². The fourth-order valence-corrected chi connectivity index (χ4v) is 2.94. The van der Waals surface area contributed by atoms with Gasteiger partial charge < -0.3 is 15.7 Å². The molecule has 1 heterocycles. The van der Waals surface area contributed by atoms with Crippen LogP contribution in [-0.4, -0.2) is 38.1 Å². The summed E-state index contributed by atoms with van der Waals surface area (Å²) in [5.41, 5.74) is 0.868. The quantitative estimate of drug-likeness (QED) is 0.588. The van der Waals surface area contributed by atoms with E-state index in [0.717, 1.165) is 0 Å². The minimum Gasteiger partial charge on any atom is -0.392 e. The fourth-order valence-electron chi connectivity index (χ4n) is 2.13. The predicted octanol–water partition coefficient (Wildman–Crippen LogP) is -0.696. The van der Waals surface area contributed by atoms with Crippen LogP contribution < -0.4 is 15.8 Å². The Labute approximate surface area is 117 Å². The minimum absolute atomic E-state index is 0.0188. The lowest BCUT2D eigenvalue weighted by Gasteiger charge is -2.12. The normalized spacial score (nSPS) is 22.8. The van der Waals surface area contributed by atoms with Gasteiger partial charge in [0.2, 0.25) is 15.9 Å². The van der Waals surface area contributed by atoms with Gasteiger partial charge in [0.25, 0.3) is 0 Å². The first-order chi connectivity index (χ1) is 9.27. The Hall–Kier alpha value is -1.48. The van der Waals surface area contributed by atoms with Crippen molar-refractivity contribution in [2.75, 3.05) is 11.9 Å². The molecule has 5 N–H and O–H groups in total. The Bertz CT molecular complexity index is 630. The summed E-state index contributed by atoms with van der Waals surface area (Å²) in [5, 5.41) is 20.0. The fraction of sp³-hybridized carbons (Fsp3) is 0.417. The number of carbonyl (C=O) groups is 1. The second-order valence-electron chi connectivity index (χ2n) is 4.86. The molecule has 2 unspecified atom stereocenters. The molecule has 8 heteroatoms. The van der Waals surface area contributed by atoms with Crippen LogP contribution >= 0.6 is 0 Å². The summed E-state index contributed by atoms with van der Waals surface area (Å²) in [6, 6.07) is 4.03. The van der Waals surface area contributed by atoms with E-state index >= 15 is 0 Å².